The number of carbonyl (C=O) groups excluding carboxylic acids is 1. The highest BCUT2D eigenvalue weighted by molar-refractivity contribution is 5.78. The summed E-state index contributed by atoms with van der Waals surface area (Å²) >= 11 is 0. The molecule has 20 heavy (non-hydrogen) atoms. The molecule has 2 saturated heterocycles. The highest BCUT2D eigenvalue weighted by Crippen LogP contribution is 2.19. The van der Waals surface area contributed by atoms with Crippen molar-refractivity contribution in [3.05, 3.63) is 0 Å². The Kier molecular flexibility index (Phi) is 6.80. The van der Waals surface area contributed by atoms with E-state index in [1.54, 1.807) is 0 Å². The van der Waals surface area contributed by atoms with E-state index in [0.29, 0.717) is 18.5 Å². The largest absolute Gasteiger partial charge is 0.342 e. The number of likely N-dealkylation sites (tertiary alicyclic amines) is 2. The average Bonchev–Trinajstić information content (AvgIpc) is 2.40. The number of amides is 1. The minimum Gasteiger partial charge on any atom is -0.342 e. The molecule has 0 aliphatic carbocycles. The van der Waals surface area contributed by atoms with Crippen LogP contribution in [0.25, 0.3) is 0 Å². The van der Waals surface area contributed by atoms with Crippen LogP contribution >= 0.6 is 0 Å². The number of hydrogen-bond acceptors (Lipinski definition) is 3. The van der Waals surface area contributed by atoms with Crippen LogP contribution in [-0.2, 0) is 4.79 Å². The second-order valence-corrected chi connectivity index (χ2v) is 6.35. The van der Waals surface area contributed by atoms with Gasteiger partial charge in [0.1, 0.15) is 0 Å². The normalized spacial score (nSPS) is 26.1. The van der Waals surface area contributed by atoms with Crippen molar-refractivity contribution in [1.82, 2.24) is 9.80 Å². The third-order valence-electron chi connectivity index (χ3n) is 4.80. The van der Waals surface area contributed by atoms with Crippen molar-refractivity contribution in [2.24, 2.45) is 5.73 Å². The maximum atomic E-state index is 12.5. The summed E-state index contributed by atoms with van der Waals surface area (Å²) in [4.78, 5) is 17.0. The minimum absolute atomic E-state index is 0.343. The van der Waals surface area contributed by atoms with Crippen molar-refractivity contribution in [3.8, 4) is 0 Å². The van der Waals surface area contributed by atoms with Gasteiger partial charge in [-0.1, -0.05) is 25.7 Å². The average molecular weight is 281 g/mol. The zero-order valence-electron chi connectivity index (χ0n) is 12.9. The van der Waals surface area contributed by atoms with Gasteiger partial charge in [0.05, 0.1) is 6.54 Å². The van der Waals surface area contributed by atoms with Gasteiger partial charge >= 0.3 is 0 Å². The van der Waals surface area contributed by atoms with Gasteiger partial charge in [-0.25, -0.2) is 0 Å². The van der Waals surface area contributed by atoms with Crippen molar-refractivity contribution in [1.29, 1.82) is 0 Å². The van der Waals surface area contributed by atoms with Gasteiger partial charge in [-0.15, -0.1) is 0 Å². The first kappa shape index (κ1) is 15.8. The van der Waals surface area contributed by atoms with Gasteiger partial charge < -0.3 is 10.6 Å². The van der Waals surface area contributed by atoms with Gasteiger partial charge in [-0.3, -0.25) is 9.69 Å². The Bertz CT molecular complexity index is 285. The zero-order chi connectivity index (χ0) is 14.2. The molecule has 0 spiro atoms. The third-order valence-corrected chi connectivity index (χ3v) is 4.80. The lowest BCUT2D eigenvalue weighted by Crippen LogP contribution is -2.47. The summed E-state index contributed by atoms with van der Waals surface area (Å²) in [6.07, 6.45) is 11.0. The Hall–Kier alpha value is -0.610. The Balaban J connectivity index is 1.84. The number of piperidine rings is 1. The molecule has 2 aliphatic heterocycles. The minimum atomic E-state index is 0.343. The predicted octanol–water partition coefficient (Wildman–Crippen LogP) is 1.98. The Labute approximate surface area is 123 Å². The number of nitrogens with two attached hydrogens (primary N) is 1. The van der Waals surface area contributed by atoms with Crippen molar-refractivity contribution < 1.29 is 4.79 Å². The molecule has 1 amide bonds. The Morgan fingerprint density at radius 2 is 1.60 bits per heavy atom. The van der Waals surface area contributed by atoms with Gasteiger partial charge in [0.2, 0.25) is 5.91 Å². The van der Waals surface area contributed by atoms with Crippen LogP contribution in [0, 0.1) is 0 Å². The zero-order valence-corrected chi connectivity index (χ0v) is 12.9. The number of nitrogens with zero attached hydrogens (tertiary/aromatic N) is 2. The van der Waals surface area contributed by atoms with E-state index in [0.717, 1.165) is 32.6 Å². The van der Waals surface area contributed by atoms with Gasteiger partial charge in [-0.05, 0) is 45.2 Å². The molecular formula is C16H31N3O. The smallest absolute Gasteiger partial charge is 0.236 e. The number of rotatable bonds is 4. The van der Waals surface area contributed by atoms with Crippen LogP contribution in [-0.4, -0.2) is 54.5 Å². The first-order valence-corrected chi connectivity index (χ1v) is 8.53. The molecule has 0 aromatic heterocycles. The molecule has 1 atom stereocenters. The monoisotopic (exact) mass is 281 g/mol. The van der Waals surface area contributed by atoms with Gasteiger partial charge in [0, 0.05) is 19.1 Å². The van der Waals surface area contributed by atoms with Crippen LogP contribution in [0.1, 0.15) is 57.8 Å². The molecule has 0 aromatic carbocycles. The van der Waals surface area contributed by atoms with E-state index in [2.05, 4.69) is 9.80 Å². The SMILES string of the molecule is NCCC1CCCCN1CC(=O)N1CCCCCCC1. The third kappa shape index (κ3) is 4.74. The molecule has 0 saturated carbocycles. The van der Waals surface area contributed by atoms with Crippen LogP contribution in [0.3, 0.4) is 0 Å². The lowest BCUT2D eigenvalue weighted by molar-refractivity contribution is -0.133. The molecule has 0 bridgehead atoms. The molecule has 2 heterocycles. The fourth-order valence-electron chi connectivity index (χ4n) is 3.56. The van der Waals surface area contributed by atoms with E-state index in [4.69, 9.17) is 5.73 Å². The second kappa shape index (κ2) is 8.63. The first-order chi connectivity index (χ1) is 9.81. The van der Waals surface area contributed by atoms with Gasteiger partial charge in [0.25, 0.3) is 0 Å². The quantitative estimate of drug-likeness (QED) is 0.857. The predicted molar refractivity (Wildman–Crippen MR) is 82.5 cm³/mol. The fourth-order valence-corrected chi connectivity index (χ4v) is 3.56. The first-order valence-electron chi connectivity index (χ1n) is 8.53. The van der Waals surface area contributed by atoms with E-state index >= 15 is 0 Å². The van der Waals surface area contributed by atoms with Crippen molar-refractivity contribution in [3.63, 3.8) is 0 Å². The summed E-state index contributed by atoms with van der Waals surface area (Å²) in [5.41, 5.74) is 5.71. The summed E-state index contributed by atoms with van der Waals surface area (Å²) in [5, 5.41) is 0. The maximum absolute atomic E-state index is 12.5. The van der Waals surface area contributed by atoms with E-state index in [9.17, 15) is 4.79 Å². The van der Waals surface area contributed by atoms with Crippen LogP contribution in [0.2, 0.25) is 0 Å². The summed E-state index contributed by atoms with van der Waals surface area (Å²) in [7, 11) is 0. The highest BCUT2D eigenvalue weighted by atomic mass is 16.2. The number of carbonyl (C=O) groups is 1. The van der Waals surface area contributed by atoms with Crippen LogP contribution in [0.15, 0.2) is 0 Å². The maximum Gasteiger partial charge on any atom is 0.236 e. The van der Waals surface area contributed by atoms with Crippen LogP contribution in [0.4, 0.5) is 0 Å². The molecule has 2 N–H and O–H groups in total. The van der Waals surface area contributed by atoms with Gasteiger partial charge in [-0.2, -0.15) is 0 Å². The standard InChI is InChI=1S/C16H31N3O/c17-10-9-15-8-4-7-13-19(15)14-16(20)18-11-5-2-1-3-6-12-18/h15H,1-14,17H2. The second-order valence-electron chi connectivity index (χ2n) is 6.35. The molecule has 0 radical (unpaired) electrons. The van der Waals surface area contributed by atoms with Crippen LogP contribution in [0.5, 0.6) is 0 Å². The molecule has 2 aliphatic rings. The van der Waals surface area contributed by atoms with E-state index in [-0.39, 0.29) is 0 Å². The van der Waals surface area contributed by atoms with Crippen molar-refractivity contribution in [2.75, 3.05) is 32.7 Å². The van der Waals surface area contributed by atoms with E-state index < -0.39 is 0 Å². The topological polar surface area (TPSA) is 49.6 Å². The molecule has 2 rings (SSSR count). The summed E-state index contributed by atoms with van der Waals surface area (Å²) in [6.45, 7) is 4.36. The molecule has 4 heteroatoms. The summed E-state index contributed by atoms with van der Waals surface area (Å²) in [5.74, 6) is 0.343. The fraction of sp³-hybridized carbons (Fsp3) is 0.938. The molecule has 116 valence electrons. The Morgan fingerprint density at radius 3 is 2.30 bits per heavy atom. The summed E-state index contributed by atoms with van der Waals surface area (Å²) < 4.78 is 0. The summed E-state index contributed by atoms with van der Waals surface area (Å²) in [6, 6.07) is 0.535. The van der Waals surface area contributed by atoms with Crippen molar-refractivity contribution >= 4 is 5.91 Å². The molecule has 4 nitrogen and oxygen atoms in total. The van der Waals surface area contributed by atoms with Crippen molar-refractivity contribution in [2.45, 2.75) is 63.8 Å². The lowest BCUT2D eigenvalue weighted by atomic mass is 9.99. The lowest BCUT2D eigenvalue weighted by Gasteiger charge is -2.36. The molecule has 1 unspecified atom stereocenters. The van der Waals surface area contributed by atoms with E-state index in [1.165, 1.54) is 51.4 Å². The van der Waals surface area contributed by atoms with E-state index in [1.807, 2.05) is 0 Å². The molecule has 0 aromatic rings. The van der Waals surface area contributed by atoms with Crippen LogP contribution < -0.4 is 5.73 Å². The van der Waals surface area contributed by atoms with Gasteiger partial charge in [0.15, 0.2) is 0 Å². The number of hydrogen-bond donors (Lipinski definition) is 1. The molecular weight excluding hydrogens is 250 g/mol. The Morgan fingerprint density at radius 1 is 0.950 bits per heavy atom. The highest BCUT2D eigenvalue weighted by Gasteiger charge is 2.25. The molecule has 2 fully saturated rings.